The van der Waals surface area contributed by atoms with Crippen LogP contribution >= 0.6 is 27.3 Å². The largest absolute Gasteiger partial charge is 0.497 e. The summed E-state index contributed by atoms with van der Waals surface area (Å²) in [5.41, 5.74) is 0.689. The Morgan fingerprint density at radius 2 is 2.19 bits per heavy atom. The average Bonchev–Trinajstić information content (AvgIpc) is 2.88. The summed E-state index contributed by atoms with van der Waals surface area (Å²) in [5, 5.41) is 5.48. The summed E-state index contributed by atoms with van der Waals surface area (Å²) in [6.07, 6.45) is 1.79. The summed E-state index contributed by atoms with van der Waals surface area (Å²) in [4.78, 5) is 1.23. The Morgan fingerprint density at radius 3 is 2.76 bits per heavy atom. The van der Waals surface area contributed by atoms with Gasteiger partial charge in [-0.3, -0.25) is 0 Å². The molecule has 0 aliphatic heterocycles. The van der Waals surface area contributed by atoms with Gasteiger partial charge in [0.2, 0.25) is 0 Å². The smallest absolute Gasteiger partial charge is 0.131 e. The molecular formula is C16H19BrFNOS. The number of benzene rings is 1. The molecule has 0 bridgehead atoms. The fourth-order valence-electron chi connectivity index (χ4n) is 2.19. The van der Waals surface area contributed by atoms with Crippen LogP contribution in [0.5, 0.6) is 5.75 Å². The molecule has 21 heavy (non-hydrogen) atoms. The lowest BCUT2D eigenvalue weighted by atomic mass is 10.0. The van der Waals surface area contributed by atoms with Crippen LogP contribution in [0.4, 0.5) is 4.39 Å². The topological polar surface area (TPSA) is 21.3 Å². The molecule has 0 spiro atoms. The van der Waals surface area contributed by atoms with Crippen molar-refractivity contribution >= 4 is 27.3 Å². The Morgan fingerprint density at radius 1 is 1.38 bits per heavy atom. The fourth-order valence-corrected chi connectivity index (χ4v) is 3.69. The summed E-state index contributed by atoms with van der Waals surface area (Å²) >= 11 is 5.15. The summed E-state index contributed by atoms with van der Waals surface area (Å²) in [5.74, 6) is 0.322. The van der Waals surface area contributed by atoms with Crippen molar-refractivity contribution in [3.8, 4) is 5.75 Å². The Balaban J connectivity index is 2.22. The molecule has 1 aromatic heterocycles. The number of thiophene rings is 1. The Kier molecular flexibility index (Phi) is 6.21. The normalized spacial score (nSPS) is 12.4. The molecule has 114 valence electrons. The lowest BCUT2D eigenvalue weighted by Crippen LogP contribution is -2.24. The van der Waals surface area contributed by atoms with Crippen molar-refractivity contribution in [3.05, 3.63) is 50.4 Å². The zero-order chi connectivity index (χ0) is 15.2. The Bertz CT molecular complexity index is 587. The number of hydrogen-bond donors (Lipinski definition) is 1. The second kappa shape index (κ2) is 7.92. The molecule has 5 heteroatoms. The van der Waals surface area contributed by atoms with Crippen molar-refractivity contribution in [2.75, 3.05) is 13.7 Å². The zero-order valence-electron chi connectivity index (χ0n) is 12.2. The van der Waals surface area contributed by atoms with E-state index in [1.807, 2.05) is 12.1 Å². The van der Waals surface area contributed by atoms with Gasteiger partial charge in [-0.05, 0) is 41.0 Å². The van der Waals surface area contributed by atoms with Crippen LogP contribution in [0.3, 0.4) is 0 Å². The number of halogens is 2. The molecule has 1 N–H and O–H groups in total. The SMILES string of the molecule is CCCNC(Cc1cc(Br)cs1)c1ccc(OC)cc1F. The van der Waals surface area contributed by atoms with E-state index in [9.17, 15) is 4.39 Å². The van der Waals surface area contributed by atoms with Crippen LogP contribution < -0.4 is 10.1 Å². The standard InChI is InChI=1S/C16H19BrFNOS/c1-3-6-19-16(9-13-7-11(17)10-21-13)14-5-4-12(20-2)8-15(14)18/h4-5,7-8,10,16,19H,3,6,9H2,1-2H3. The number of nitrogens with one attached hydrogen (secondary N) is 1. The highest BCUT2D eigenvalue weighted by Crippen LogP contribution is 2.28. The Labute approximate surface area is 137 Å². The molecule has 1 aromatic carbocycles. The van der Waals surface area contributed by atoms with Crippen LogP contribution in [-0.2, 0) is 6.42 Å². The van der Waals surface area contributed by atoms with Gasteiger partial charge in [0.15, 0.2) is 0 Å². The molecule has 1 heterocycles. The maximum absolute atomic E-state index is 14.3. The molecule has 2 aromatic rings. The molecule has 0 aliphatic carbocycles. The van der Waals surface area contributed by atoms with Gasteiger partial charge in [0, 0.05) is 38.8 Å². The second-order valence-electron chi connectivity index (χ2n) is 4.83. The number of methoxy groups -OCH3 is 1. The molecule has 0 saturated carbocycles. The third-order valence-electron chi connectivity index (χ3n) is 3.25. The highest BCUT2D eigenvalue weighted by molar-refractivity contribution is 9.10. The van der Waals surface area contributed by atoms with Crippen molar-refractivity contribution in [2.24, 2.45) is 0 Å². The molecule has 1 unspecified atom stereocenters. The van der Waals surface area contributed by atoms with Gasteiger partial charge in [-0.1, -0.05) is 13.0 Å². The molecule has 2 rings (SSSR count). The average molecular weight is 372 g/mol. The fraction of sp³-hybridized carbons (Fsp3) is 0.375. The third kappa shape index (κ3) is 4.53. The first kappa shape index (κ1) is 16.5. The molecule has 0 radical (unpaired) electrons. The van der Waals surface area contributed by atoms with Gasteiger partial charge in [0.25, 0.3) is 0 Å². The molecule has 1 atom stereocenters. The van der Waals surface area contributed by atoms with E-state index in [0.29, 0.717) is 11.3 Å². The summed E-state index contributed by atoms with van der Waals surface area (Å²) in [7, 11) is 1.55. The van der Waals surface area contributed by atoms with E-state index in [0.717, 1.165) is 23.9 Å². The van der Waals surface area contributed by atoms with Crippen molar-refractivity contribution < 1.29 is 9.13 Å². The van der Waals surface area contributed by atoms with Crippen molar-refractivity contribution in [2.45, 2.75) is 25.8 Å². The molecule has 0 fully saturated rings. The van der Waals surface area contributed by atoms with E-state index in [4.69, 9.17) is 4.74 Å². The minimum absolute atomic E-state index is 0.0265. The van der Waals surface area contributed by atoms with Gasteiger partial charge < -0.3 is 10.1 Å². The van der Waals surface area contributed by atoms with Crippen LogP contribution in [-0.4, -0.2) is 13.7 Å². The van der Waals surface area contributed by atoms with Crippen LogP contribution in [0.15, 0.2) is 34.1 Å². The highest BCUT2D eigenvalue weighted by atomic mass is 79.9. The van der Waals surface area contributed by atoms with E-state index in [-0.39, 0.29) is 11.9 Å². The van der Waals surface area contributed by atoms with Crippen LogP contribution in [0.2, 0.25) is 0 Å². The van der Waals surface area contributed by atoms with Crippen molar-refractivity contribution in [1.82, 2.24) is 5.32 Å². The molecule has 2 nitrogen and oxygen atoms in total. The van der Waals surface area contributed by atoms with Crippen molar-refractivity contribution in [1.29, 1.82) is 0 Å². The van der Waals surface area contributed by atoms with Crippen LogP contribution in [0.1, 0.15) is 29.8 Å². The lowest BCUT2D eigenvalue weighted by Gasteiger charge is -2.19. The van der Waals surface area contributed by atoms with Gasteiger partial charge in [-0.2, -0.15) is 0 Å². The maximum Gasteiger partial charge on any atom is 0.131 e. The molecule has 0 saturated heterocycles. The van der Waals surface area contributed by atoms with Crippen molar-refractivity contribution in [3.63, 3.8) is 0 Å². The molecule has 0 aliphatic rings. The zero-order valence-corrected chi connectivity index (χ0v) is 14.6. The second-order valence-corrected chi connectivity index (χ2v) is 6.74. The quantitative estimate of drug-likeness (QED) is 0.743. The summed E-state index contributed by atoms with van der Waals surface area (Å²) in [6, 6.07) is 7.13. The highest BCUT2D eigenvalue weighted by Gasteiger charge is 2.17. The van der Waals surface area contributed by atoms with E-state index in [1.54, 1.807) is 18.4 Å². The van der Waals surface area contributed by atoms with Gasteiger partial charge >= 0.3 is 0 Å². The summed E-state index contributed by atoms with van der Waals surface area (Å²) in [6.45, 7) is 2.97. The van der Waals surface area contributed by atoms with E-state index >= 15 is 0 Å². The predicted molar refractivity (Wildman–Crippen MR) is 89.7 cm³/mol. The number of ether oxygens (including phenoxy) is 1. The number of rotatable bonds is 7. The minimum Gasteiger partial charge on any atom is -0.497 e. The van der Waals surface area contributed by atoms with Crippen LogP contribution in [0.25, 0.3) is 0 Å². The first-order chi connectivity index (χ1) is 10.1. The van der Waals surface area contributed by atoms with Gasteiger partial charge in [-0.25, -0.2) is 4.39 Å². The third-order valence-corrected chi connectivity index (χ3v) is 4.97. The van der Waals surface area contributed by atoms with Gasteiger partial charge in [0.1, 0.15) is 11.6 Å². The minimum atomic E-state index is -0.224. The molecule has 0 amide bonds. The van der Waals surface area contributed by atoms with E-state index in [2.05, 4.69) is 39.6 Å². The van der Waals surface area contributed by atoms with Gasteiger partial charge in [-0.15, -0.1) is 11.3 Å². The summed E-state index contributed by atoms with van der Waals surface area (Å²) < 4.78 is 20.4. The predicted octanol–water partition coefficient (Wildman–Crippen LogP) is 4.94. The lowest BCUT2D eigenvalue weighted by molar-refractivity contribution is 0.409. The first-order valence-corrected chi connectivity index (χ1v) is 8.61. The van der Waals surface area contributed by atoms with E-state index in [1.165, 1.54) is 10.9 Å². The Hall–Kier alpha value is -0.910. The van der Waals surface area contributed by atoms with E-state index < -0.39 is 0 Å². The maximum atomic E-state index is 14.3. The molecular weight excluding hydrogens is 353 g/mol. The number of hydrogen-bond acceptors (Lipinski definition) is 3. The van der Waals surface area contributed by atoms with Gasteiger partial charge in [0.05, 0.1) is 7.11 Å². The monoisotopic (exact) mass is 371 g/mol. The first-order valence-electron chi connectivity index (χ1n) is 6.93. The van der Waals surface area contributed by atoms with Crippen LogP contribution in [0, 0.1) is 5.82 Å².